The van der Waals surface area contributed by atoms with E-state index in [2.05, 4.69) is 22.6 Å². The minimum atomic E-state index is 0.851. The molecular weight excluding hydrogens is 136 g/mol. The van der Waals surface area contributed by atoms with Gasteiger partial charge < -0.3 is 5.32 Å². The standard InChI is InChI=1S/C9H10N2/c1-3-5-8-6-4-7-11-9(8)10-2/h4-7H,1H2,2H3,(H,10,11). The minimum Gasteiger partial charge on any atom is -0.373 e. The normalized spacial score (nSPS) is 8.45. The van der Waals surface area contributed by atoms with E-state index in [1.165, 1.54) is 0 Å². The number of anilines is 1. The fourth-order valence-corrected chi connectivity index (χ4v) is 0.853. The lowest BCUT2D eigenvalue weighted by Crippen LogP contribution is -1.93. The molecule has 1 aromatic heterocycles. The van der Waals surface area contributed by atoms with Gasteiger partial charge in [-0.3, -0.25) is 0 Å². The summed E-state index contributed by atoms with van der Waals surface area (Å²) in [6.45, 7) is 3.50. The molecule has 0 amide bonds. The molecule has 56 valence electrons. The van der Waals surface area contributed by atoms with Gasteiger partial charge in [-0.2, -0.15) is 0 Å². The van der Waals surface area contributed by atoms with Crippen molar-refractivity contribution in [2.45, 2.75) is 0 Å². The van der Waals surface area contributed by atoms with Crippen LogP contribution in [0.25, 0.3) is 6.08 Å². The maximum atomic E-state index is 4.11. The van der Waals surface area contributed by atoms with Crippen LogP contribution in [0.2, 0.25) is 0 Å². The molecule has 0 saturated heterocycles. The molecule has 0 bridgehead atoms. The molecule has 0 aliphatic heterocycles. The molecule has 1 rings (SSSR count). The van der Waals surface area contributed by atoms with Crippen LogP contribution in [0.1, 0.15) is 5.56 Å². The van der Waals surface area contributed by atoms with E-state index in [0.717, 1.165) is 11.4 Å². The maximum absolute atomic E-state index is 4.11. The van der Waals surface area contributed by atoms with E-state index in [9.17, 15) is 0 Å². The molecule has 11 heavy (non-hydrogen) atoms. The molecule has 0 aliphatic rings. The van der Waals surface area contributed by atoms with Gasteiger partial charge in [0.15, 0.2) is 0 Å². The van der Waals surface area contributed by atoms with Crippen molar-refractivity contribution in [1.29, 1.82) is 0 Å². The van der Waals surface area contributed by atoms with Crippen molar-refractivity contribution < 1.29 is 0 Å². The monoisotopic (exact) mass is 146 g/mol. The molecule has 0 unspecified atom stereocenters. The molecule has 0 radical (unpaired) electrons. The van der Waals surface area contributed by atoms with Crippen molar-refractivity contribution in [2.24, 2.45) is 0 Å². The summed E-state index contributed by atoms with van der Waals surface area (Å²) >= 11 is 0. The Balaban J connectivity index is 3.11. The highest BCUT2D eigenvalue weighted by Crippen LogP contribution is 2.10. The maximum Gasteiger partial charge on any atom is 0.133 e. The second kappa shape index (κ2) is 3.59. The van der Waals surface area contributed by atoms with Gasteiger partial charge >= 0.3 is 0 Å². The van der Waals surface area contributed by atoms with Gasteiger partial charge in [-0.1, -0.05) is 6.58 Å². The summed E-state index contributed by atoms with van der Waals surface area (Å²) in [5, 5.41) is 2.97. The average molecular weight is 146 g/mol. The van der Waals surface area contributed by atoms with Gasteiger partial charge in [0.05, 0.1) is 0 Å². The first kappa shape index (κ1) is 7.58. The summed E-state index contributed by atoms with van der Waals surface area (Å²) in [6.07, 6.45) is 3.53. The van der Waals surface area contributed by atoms with E-state index in [-0.39, 0.29) is 0 Å². The fraction of sp³-hybridized carbons (Fsp3) is 0.111. The van der Waals surface area contributed by atoms with Gasteiger partial charge in [-0.05, 0) is 18.2 Å². The Morgan fingerprint density at radius 3 is 3.18 bits per heavy atom. The van der Waals surface area contributed by atoms with Gasteiger partial charge in [0.1, 0.15) is 5.82 Å². The number of hydrogen-bond acceptors (Lipinski definition) is 2. The molecular formula is C9H10N2. The molecule has 1 N–H and O–H groups in total. The van der Waals surface area contributed by atoms with Crippen molar-refractivity contribution in [3.8, 4) is 0 Å². The van der Waals surface area contributed by atoms with E-state index >= 15 is 0 Å². The molecule has 0 fully saturated rings. The second-order valence-electron chi connectivity index (χ2n) is 2.04. The lowest BCUT2D eigenvalue weighted by Gasteiger charge is -2.00. The average Bonchev–Trinajstić information content (AvgIpc) is 2.06. The summed E-state index contributed by atoms with van der Waals surface area (Å²) in [7, 11) is 1.84. The Morgan fingerprint density at radius 1 is 1.73 bits per heavy atom. The second-order valence-corrected chi connectivity index (χ2v) is 2.04. The van der Waals surface area contributed by atoms with Crippen molar-refractivity contribution in [3.63, 3.8) is 0 Å². The first-order valence-electron chi connectivity index (χ1n) is 3.37. The molecule has 1 heterocycles. The molecule has 1 aromatic rings. The Bertz CT molecular complexity index is 285. The quantitative estimate of drug-likeness (QED) is 0.645. The third-order valence-corrected chi connectivity index (χ3v) is 1.33. The van der Waals surface area contributed by atoms with E-state index in [0.29, 0.717) is 0 Å². The number of aromatic nitrogens is 1. The summed E-state index contributed by atoms with van der Waals surface area (Å²) < 4.78 is 0. The van der Waals surface area contributed by atoms with E-state index in [4.69, 9.17) is 0 Å². The van der Waals surface area contributed by atoms with E-state index < -0.39 is 0 Å². The summed E-state index contributed by atoms with van der Waals surface area (Å²) in [4.78, 5) is 4.11. The molecule has 0 atom stereocenters. The largest absolute Gasteiger partial charge is 0.373 e. The molecule has 0 saturated carbocycles. The Hall–Kier alpha value is -1.53. The summed E-state index contributed by atoms with van der Waals surface area (Å²) in [5.74, 6) is 0.851. The molecule has 0 aliphatic carbocycles. The highest BCUT2D eigenvalue weighted by Gasteiger charge is 1.93. The van der Waals surface area contributed by atoms with Gasteiger partial charge in [-0.25, -0.2) is 4.98 Å². The highest BCUT2D eigenvalue weighted by molar-refractivity contribution is 5.61. The Kier molecular flexibility index (Phi) is 2.47. The zero-order chi connectivity index (χ0) is 8.10. The molecule has 0 spiro atoms. The fourth-order valence-electron chi connectivity index (χ4n) is 0.853. The predicted octanol–water partition coefficient (Wildman–Crippen LogP) is 1.92. The van der Waals surface area contributed by atoms with Crippen LogP contribution in [-0.2, 0) is 0 Å². The van der Waals surface area contributed by atoms with Crippen LogP contribution < -0.4 is 5.32 Å². The Labute approximate surface area is 66.3 Å². The first-order valence-corrected chi connectivity index (χ1v) is 3.37. The zero-order valence-corrected chi connectivity index (χ0v) is 6.46. The molecule has 2 heteroatoms. The smallest absolute Gasteiger partial charge is 0.133 e. The van der Waals surface area contributed by atoms with Gasteiger partial charge in [0.25, 0.3) is 0 Å². The topological polar surface area (TPSA) is 24.9 Å². The van der Waals surface area contributed by atoms with Gasteiger partial charge in [-0.15, -0.1) is 5.73 Å². The number of nitrogens with zero attached hydrogens (tertiary/aromatic N) is 1. The molecule has 2 nitrogen and oxygen atoms in total. The van der Waals surface area contributed by atoms with E-state index in [1.54, 1.807) is 12.3 Å². The van der Waals surface area contributed by atoms with Crippen molar-refractivity contribution in [3.05, 3.63) is 36.2 Å². The zero-order valence-electron chi connectivity index (χ0n) is 6.46. The molecule has 0 aromatic carbocycles. The highest BCUT2D eigenvalue weighted by atomic mass is 14.9. The minimum absolute atomic E-state index is 0.851. The summed E-state index contributed by atoms with van der Waals surface area (Å²) in [5.41, 5.74) is 3.71. The third kappa shape index (κ3) is 1.69. The lowest BCUT2D eigenvalue weighted by atomic mass is 10.2. The SMILES string of the molecule is C=C=Cc1cccnc1NC. The number of hydrogen-bond donors (Lipinski definition) is 1. The summed E-state index contributed by atoms with van der Waals surface area (Å²) in [6, 6.07) is 3.83. The number of rotatable bonds is 2. The lowest BCUT2D eigenvalue weighted by molar-refractivity contribution is 1.28. The van der Waals surface area contributed by atoms with Crippen molar-refractivity contribution in [1.82, 2.24) is 4.98 Å². The third-order valence-electron chi connectivity index (χ3n) is 1.33. The van der Waals surface area contributed by atoms with Gasteiger partial charge in [0.2, 0.25) is 0 Å². The van der Waals surface area contributed by atoms with Crippen LogP contribution in [0, 0.1) is 0 Å². The van der Waals surface area contributed by atoms with Crippen LogP contribution >= 0.6 is 0 Å². The van der Waals surface area contributed by atoms with E-state index in [1.807, 2.05) is 19.2 Å². The van der Waals surface area contributed by atoms with Crippen molar-refractivity contribution >= 4 is 11.9 Å². The van der Waals surface area contributed by atoms with Crippen LogP contribution in [0.3, 0.4) is 0 Å². The first-order chi connectivity index (χ1) is 5.38. The number of pyridine rings is 1. The van der Waals surface area contributed by atoms with Crippen LogP contribution in [0.4, 0.5) is 5.82 Å². The Morgan fingerprint density at radius 2 is 2.55 bits per heavy atom. The van der Waals surface area contributed by atoms with Crippen molar-refractivity contribution in [2.75, 3.05) is 12.4 Å². The van der Waals surface area contributed by atoms with Crippen LogP contribution in [-0.4, -0.2) is 12.0 Å². The van der Waals surface area contributed by atoms with Crippen LogP contribution in [0.15, 0.2) is 30.6 Å². The number of nitrogens with one attached hydrogen (secondary N) is 1. The predicted molar refractivity (Wildman–Crippen MR) is 47.4 cm³/mol. The van der Waals surface area contributed by atoms with Gasteiger partial charge in [0, 0.05) is 18.8 Å². The van der Waals surface area contributed by atoms with Crippen LogP contribution in [0.5, 0.6) is 0 Å².